The number of ether oxygens (including phenoxy) is 2. The van der Waals surface area contributed by atoms with Gasteiger partial charge in [-0.3, -0.25) is 9.59 Å². The third-order valence-electron chi connectivity index (χ3n) is 5.96. The summed E-state index contributed by atoms with van der Waals surface area (Å²) < 4.78 is 11.8. The predicted molar refractivity (Wildman–Crippen MR) is 118 cm³/mol. The summed E-state index contributed by atoms with van der Waals surface area (Å²) in [5, 5.41) is 2.98. The molecular formula is C24H24BrNO4. The molecule has 156 valence electrons. The van der Waals surface area contributed by atoms with Gasteiger partial charge in [-0.1, -0.05) is 29.8 Å². The average molecular weight is 470 g/mol. The number of methoxy groups -OCH3 is 2. The SMILES string of the molecule is COc1cc([C@H]2CC(=O)NC3=C2C(=O)C[C@@H](c2ccc(C)cc2)C3)c(OC)cc1Br. The zero-order chi connectivity index (χ0) is 21.4. The lowest BCUT2D eigenvalue weighted by atomic mass is 9.73. The Morgan fingerprint density at radius 2 is 1.67 bits per heavy atom. The number of carbonyl (C=O) groups is 2. The van der Waals surface area contributed by atoms with Crippen molar-refractivity contribution in [2.45, 2.75) is 38.0 Å². The molecule has 30 heavy (non-hydrogen) atoms. The van der Waals surface area contributed by atoms with Crippen molar-refractivity contribution in [1.82, 2.24) is 5.32 Å². The van der Waals surface area contributed by atoms with Gasteiger partial charge in [0.25, 0.3) is 0 Å². The minimum absolute atomic E-state index is 0.0669. The molecule has 6 heteroatoms. The van der Waals surface area contributed by atoms with Crippen LogP contribution in [0.1, 0.15) is 47.8 Å². The summed E-state index contributed by atoms with van der Waals surface area (Å²) in [6.45, 7) is 2.04. The van der Waals surface area contributed by atoms with E-state index in [1.165, 1.54) is 5.56 Å². The standard InChI is InChI=1S/C24H24BrNO4/c1-13-4-6-14(7-5-13)15-8-19-24(20(27)9-15)17(11-23(28)26-19)16-10-22(30-3)18(25)12-21(16)29-2/h4-7,10,12,15,17H,8-9,11H2,1-3H3,(H,26,28)/t15-,17+/m0/s1. The number of ketones is 1. The first-order chi connectivity index (χ1) is 14.4. The normalized spacial score (nSPS) is 21.2. The molecule has 1 amide bonds. The fourth-order valence-electron chi connectivity index (χ4n) is 4.46. The third-order valence-corrected chi connectivity index (χ3v) is 6.58. The number of benzene rings is 2. The van der Waals surface area contributed by atoms with Crippen LogP contribution in [-0.4, -0.2) is 25.9 Å². The number of hydrogen-bond acceptors (Lipinski definition) is 4. The molecule has 1 aliphatic carbocycles. The van der Waals surface area contributed by atoms with Crippen molar-refractivity contribution < 1.29 is 19.1 Å². The second kappa shape index (κ2) is 8.26. The molecule has 2 atom stereocenters. The Balaban J connectivity index is 1.77. The number of hydrogen-bond donors (Lipinski definition) is 1. The number of Topliss-reactive ketones (excluding diaryl/α,β-unsaturated/α-hetero) is 1. The molecule has 2 aromatic rings. The van der Waals surface area contributed by atoms with Crippen molar-refractivity contribution in [3.05, 3.63) is 68.8 Å². The van der Waals surface area contributed by atoms with Gasteiger partial charge in [0.05, 0.1) is 18.7 Å². The Labute approximate surface area is 184 Å². The van der Waals surface area contributed by atoms with Crippen molar-refractivity contribution >= 4 is 27.6 Å². The summed E-state index contributed by atoms with van der Waals surface area (Å²) in [5.41, 5.74) is 4.53. The highest BCUT2D eigenvalue weighted by atomic mass is 79.9. The van der Waals surface area contributed by atoms with E-state index in [1.54, 1.807) is 14.2 Å². The zero-order valence-electron chi connectivity index (χ0n) is 17.3. The lowest BCUT2D eigenvalue weighted by Crippen LogP contribution is -2.38. The van der Waals surface area contributed by atoms with E-state index < -0.39 is 0 Å². The molecule has 2 aromatic carbocycles. The number of carbonyl (C=O) groups excluding carboxylic acids is 2. The first-order valence-corrected chi connectivity index (χ1v) is 10.7. The van der Waals surface area contributed by atoms with Gasteiger partial charge in [0, 0.05) is 35.6 Å². The van der Waals surface area contributed by atoms with Crippen LogP contribution in [0, 0.1) is 6.92 Å². The number of allylic oxidation sites excluding steroid dienone is 2. The van der Waals surface area contributed by atoms with Crippen molar-refractivity contribution in [2.24, 2.45) is 0 Å². The van der Waals surface area contributed by atoms with Crippen LogP contribution in [0.15, 0.2) is 52.1 Å². The van der Waals surface area contributed by atoms with E-state index in [0.29, 0.717) is 29.9 Å². The van der Waals surface area contributed by atoms with Crippen LogP contribution in [-0.2, 0) is 9.59 Å². The van der Waals surface area contributed by atoms with E-state index in [9.17, 15) is 9.59 Å². The first-order valence-electron chi connectivity index (χ1n) is 9.95. The molecule has 0 saturated carbocycles. The Morgan fingerprint density at radius 3 is 2.33 bits per heavy atom. The summed E-state index contributed by atoms with van der Waals surface area (Å²) in [5.74, 6) is 0.979. The van der Waals surface area contributed by atoms with Crippen molar-refractivity contribution in [1.29, 1.82) is 0 Å². The second-order valence-electron chi connectivity index (χ2n) is 7.86. The predicted octanol–water partition coefficient (Wildman–Crippen LogP) is 4.78. The molecule has 0 radical (unpaired) electrons. The van der Waals surface area contributed by atoms with Gasteiger partial charge >= 0.3 is 0 Å². The zero-order valence-corrected chi connectivity index (χ0v) is 18.8. The van der Waals surface area contributed by atoms with Crippen LogP contribution in [0.25, 0.3) is 0 Å². The Kier molecular flexibility index (Phi) is 5.69. The van der Waals surface area contributed by atoms with Crippen LogP contribution >= 0.6 is 15.9 Å². The molecule has 0 aromatic heterocycles. The highest BCUT2D eigenvalue weighted by Gasteiger charge is 2.39. The summed E-state index contributed by atoms with van der Waals surface area (Å²) in [6, 6.07) is 11.9. The van der Waals surface area contributed by atoms with E-state index in [-0.39, 0.29) is 29.9 Å². The third kappa shape index (κ3) is 3.76. The maximum absolute atomic E-state index is 13.3. The number of nitrogens with one attached hydrogen (secondary N) is 1. The topological polar surface area (TPSA) is 64.6 Å². The van der Waals surface area contributed by atoms with E-state index in [1.807, 2.05) is 19.1 Å². The fraction of sp³-hybridized carbons (Fsp3) is 0.333. The van der Waals surface area contributed by atoms with Gasteiger partial charge in [-0.15, -0.1) is 0 Å². The summed E-state index contributed by atoms with van der Waals surface area (Å²) >= 11 is 3.47. The quantitative estimate of drug-likeness (QED) is 0.699. The minimum atomic E-state index is -0.350. The van der Waals surface area contributed by atoms with Crippen molar-refractivity contribution in [3.63, 3.8) is 0 Å². The van der Waals surface area contributed by atoms with Crippen LogP contribution in [0.5, 0.6) is 11.5 Å². The Hall–Kier alpha value is -2.60. The summed E-state index contributed by atoms with van der Waals surface area (Å²) in [4.78, 5) is 25.9. The first kappa shape index (κ1) is 20.7. The molecule has 5 nitrogen and oxygen atoms in total. The van der Waals surface area contributed by atoms with Crippen molar-refractivity contribution in [2.75, 3.05) is 14.2 Å². The Morgan fingerprint density at radius 1 is 0.967 bits per heavy atom. The second-order valence-corrected chi connectivity index (χ2v) is 8.72. The Bertz CT molecular complexity index is 1040. The molecule has 0 spiro atoms. The largest absolute Gasteiger partial charge is 0.496 e. The summed E-state index contributed by atoms with van der Waals surface area (Å²) in [7, 11) is 3.18. The van der Waals surface area contributed by atoms with Crippen LogP contribution in [0.2, 0.25) is 0 Å². The molecule has 1 aliphatic heterocycles. The lowest BCUT2D eigenvalue weighted by molar-refractivity contribution is -0.122. The lowest BCUT2D eigenvalue weighted by Gasteiger charge is -2.35. The van der Waals surface area contributed by atoms with E-state index in [0.717, 1.165) is 21.3 Å². The highest BCUT2D eigenvalue weighted by Crippen LogP contribution is 2.46. The van der Waals surface area contributed by atoms with Gasteiger partial charge in [0.15, 0.2) is 5.78 Å². The number of aryl methyl sites for hydroxylation is 1. The smallest absolute Gasteiger partial charge is 0.225 e. The van der Waals surface area contributed by atoms with Gasteiger partial charge in [-0.25, -0.2) is 0 Å². The minimum Gasteiger partial charge on any atom is -0.496 e. The van der Waals surface area contributed by atoms with E-state index in [4.69, 9.17) is 9.47 Å². The average Bonchev–Trinajstić information content (AvgIpc) is 2.73. The van der Waals surface area contributed by atoms with Crippen LogP contribution < -0.4 is 14.8 Å². The molecular weight excluding hydrogens is 446 g/mol. The molecule has 1 heterocycles. The number of halogens is 1. The molecule has 4 rings (SSSR count). The van der Waals surface area contributed by atoms with Crippen LogP contribution in [0.3, 0.4) is 0 Å². The monoisotopic (exact) mass is 469 g/mol. The fourth-order valence-corrected chi connectivity index (χ4v) is 4.94. The molecule has 0 unspecified atom stereocenters. The van der Waals surface area contributed by atoms with Crippen LogP contribution in [0.4, 0.5) is 0 Å². The molecule has 0 fully saturated rings. The maximum atomic E-state index is 13.3. The molecule has 0 saturated heterocycles. The number of amides is 1. The molecule has 0 bridgehead atoms. The van der Waals surface area contributed by atoms with Gasteiger partial charge in [0.2, 0.25) is 5.91 Å². The van der Waals surface area contributed by atoms with Crippen molar-refractivity contribution in [3.8, 4) is 11.5 Å². The maximum Gasteiger partial charge on any atom is 0.225 e. The number of rotatable bonds is 4. The van der Waals surface area contributed by atoms with Gasteiger partial charge in [0.1, 0.15) is 11.5 Å². The van der Waals surface area contributed by atoms with Gasteiger partial charge < -0.3 is 14.8 Å². The molecule has 2 aliphatic rings. The summed E-state index contributed by atoms with van der Waals surface area (Å²) in [6.07, 6.45) is 1.29. The van der Waals surface area contributed by atoms with Gasteiger partial charge in [-0.05, 0) is 52.9 Å². The highest BCUT2D eigenvalue weighted by molar-refractivity contribution is 9.10. The van der Waals surface area contributed by atoms with Gasteiger partial charge in [-0.2, -0.15) is 0 Å². The van der Waals surface area contributed by atoms with E-state index in [2.05, 4.69) is 45.5 Å². The van der Waals surface area contributed by atoms with E-state index >= 15 is 0 Å². The molecule has 1 N–H and O–H groups in total.